The van der Waals surface area contributed by atoms with Gasteiger partial charge in [0, 0.05) is 55.0 Å². The van der Waals surface area contributed by atoms with Crippen molar-refractivity contribution in [1.29, 1.82) is 0 Å². The van der Waals surface area contributed by atoms with Gasteiger partial charge in [0.2, 0.25) is 0 Å². The minimum absolute atomic E-state index is 0.0354. The first-order valence-electron chi connectivity index (χ1n) is 22.7. The zero-order valence-electron chi connectivity index (χ0n) is 37.2. The summed E-state index contributed by atoms with van der Waals surface area (Å²) in [5.41, 5.74) is 17.3. The summed E-state index contributed by atoms with van der Waals surface area (Å²) >= 11 is 0. The van der Waals surface area contributed by atoms with Gasteiger partial charge in [-0.15, -0.1) is 0 Å². The van der Waals surface area contributed by atoms with Gasteiger partial charge >= 0.3 is 0 Å². The number of aromatic nitrogens is 4. The second kappa shape index (κ2) is 15.7. The fourth-order valence-electron chi connectivity index (χ4n) is 9.82. The second-order valence-electron chi connectivity index (χ2n) is 18.2. The van der Waals surface area contributed by atoms with E-state index in [1.54, 1.807) is 0 Å². The molecule has 314 valence electrons. The fourth-order valence-corrected chi connectivity index (χ4v) is 9.82. The van der Waals surface area contributed by atoms with Crippen LogP contribution in [-0.2, 0) is 5.41 Å². The Hall–Kier alpha value is -8.34. The van der Waals surface area contributed by atoms with Gasteiger partial charge in [-0.1, -0.05) is 191 Å². The van der Waals surface area contributed by atoms with E-state index >= 15 is 0 Å². The van der Waals surface area contributed by atoms with Crippen LogP contribution >= 0.6 is 0 Å². The van der Waals surface area contributed by atoms with Crippen molar-refractivity contribution in [2.45, 2.75) is 26.2 Å². The second-order valence-corrected chi connectivity index (χ2v) is 18.2. The molecule has 0 N–H and O–H groups in total. The average molecular weight is 847 g/mol. The Bertz CT molecular complexity index is 3590. The molecule has 66 heavy (non-hydrogen) atoms. The van der Waals surface area contributed by atoms with E-state index < -0.39 is 0 Å². The third-order valence-electron chi connectivity index (χ3n) is 13.1. The summed E-state index contributed by atoms with van der Waals surface area (Å²) in [5.74, 6) is 0.688. The maximum absolute atomic E-state index is 5.36. The predicted octanol–water partition coefficient (Wildman–Crippen LogP) is 16.3. The Kier molecular flexibility index (Phi) is 9.35. The molecule has 0 atom stereocenters. The molecule has 0 fully saturated rings. The lowest BCUT2D eigenvalue weighted by atomic mass is 9.86. The lowest BCUT2D eigenvalue weighted by Gasteiger charge is -2.22. The SMILES string of the molecule is CC(C)(C)c1ccc2c(c1)c1ccc(-n3c4ccccc4c4ccccc43)cc1n2-c1c(-c2ccccc2)cc(-c2cc(-c3ccccc3)nc(-c3ccccc3)n2)cc1-c1ccccc1. The Morgan fingerprint density at radius 3 is 1.36 bits per heavy atom. The Morgan fingerprint density at radius 1 is 0.333 bits per heavy atom. The lowest BCUT2D eigenvalue weighted by Crippen LogP contribution is -2.10. The number of para-hydroxylation sites is 2. The van der Waals surface area contributed by atoms with Gasteiger partial charge in [-0.2, -0.15) is 0 Å². The van der Waals surface area contributed by atoms with Gasteiger partial charge in [-0.05, 0) is 76.7 Å². The van der Waals surface area contributed by atoms with Crippen LogP contribution in [0.15, 0.2) is 224 Å². The molecular formula is C62H46N4. The van der Waals surface area contributed by atoms with Crippen molar-refractivity contribution in [1.82, 2.24) is 19.1 Å². The molecule has 12 rings (SSSR count). The minimum Gasteiger partial charge on any atom is -0.309 e. The van der Waals surface area contributed by atoms with Crippen LogP contribution in [0, 0.1) is 0 Å². The summed E-state index contributed by atoms with van der Waals surface area (Å²) in [5, 5.41) is 4.92. The van der Waals surface area contributed by atoms with Gasteiger partial charge in [-0.3, -0.25) is 0 Å². The minimum atomic E-state index is -0.0354. The normalized spacial score (nSPS) is 11.9. The Balaban J connectivity index is 1.21. The molecule has 4 heteroatoms. The molecule has 0 unspecified atom stereocenters. The van der Waals surface area contributed by atoms with E-state index in [4.69, 9.17) is 9.97 Å². The van der Waals surface area contributed by atoms with E-state index in [9.17, 15) is 0 Å². The topological polar surface area (TPSA) is 35.6 Å². The molecule has 0 bridgehead atoms. The highest BCUT2D eigenvalue weighted by Gasteiger charge is 2.25. The maximum Gasteiger partial charge on any atom is 0.160 e. The average Bonchev–Trinajstić information content (AvgIpc) is 3.88. The van der Waals surface area contributed by atoms with Crippen LogP contribution in [-0.4, -0.2) is 19.1 Å². The summed E-state index contributed by atoms with van der Waals surface area (Å²) < 4.78 is 4.96. The van der Waals surface area contributed by atoms with Crippen LogP contribution < -0.4 is 0 Å². The molecule has 4 nitrogen and oxygen atoms in total. The van der Waals surface area contributed by atoms with Crippen LogP contribution in [0.5, 0.6) is 0 Å². The molecule has 3 aromatic heterocycles. The number of hydrogen-bond donors (Lipinski definition) is 0. The first-order chi connectivity index (χ1) is 32.4. The fraction of sp³-hybridized carbons (Fsp3) is 0.0645. The third kappa shape index (κ3) is 6.69. The Labute approximate surface area is 384 Å². The standard InChI is InChI=1S/C62H46N4/c1-62(2,3)46-32-35-58-53(38-46)50-34-33-47(65-56-30-18-16-28-48(56)49-29-17-19-31-57(49)65)39-59(50)66(58)60-51(41-20-8-4-9-21-41)36-45(37-52(60)42-22-10-5-11-23-42)55-40-54(43-24-12-6-13-25-43)63-61(64-55)44-26-14-7-15-27-44/h4-40H,1-3H3. The van der Waals surface area contributed by atoms with Crippen molar-refractivity contribution in [3.63, 3.8) is 0 Å². The molecule has 3 heterocycles. The molecule has 0 aliphatic heterocycles. The largest absolute Gasteiger partial charge is 0.309 e. The number of nitrogens with zero attached hydrogens (tertiary/aromatic N) is 4. The molecular weight excluding hydrogens is 801 g/mol. The van der Waals surface area contributed by atoms with Gasteiger partial charge < -0.3 is 9.13 Å². The van der Waals surface area contributed by atoms with Crippen molar-refractivity contribution < 1.29 is 0 Å². The molecule has 0 aliphatic carbocycles. The zero-order valence-corrected chi connectivity index (χ0v) is 37.2. The van der Waals surface area contributed by atoms with Crippen LogP contribution in [0.1, 0.15) is 26.3 Å². The van der Waals surface area contributed by atoms with Gasteiger partial charge in [-0.25, -0.2) is 9.97 Å². The first kappa shape index (κ1) is 39.3. The quantitative estimate of drug-likeness (QED) is 0.160. The molecule has 0 saturated heterocycles. The summed E-state index contributed by atoms with van der Waals surface area (Å²) in [6.45, 7) is 6.90. The highest BCUT2D eigenvalue weighted by molar-refractivity contribution is 6.13. The third-order valence-corrected chi connectivity index (χ3v) is 13.1. The summed E-state index contributed by atoms with van der Waals surface area (Å²) in [7, 11) is 0. The predicted molar refractivity (Wildman–Crippen MR) is 277 cm³/mol. The van der Waals surface area contributed by atoms with Gasteiger partial charge in [0.25, 0.3) is 0 Å². The van der Waals surface area contributed by atoms with E-state index in [-0.39, 0.29) is 5.41 Å². The van der Waals surface area contributed by atoms with Crippen LogP contribution in [0.4, 0.5) is 0 Å². The van der Waals surface area contributed by atoms with E-state index in [1.165, 1.54) is 38.1 Å². The summed E-state index contributed by atoms with van der Waals surface area (Å²) in [6.07, 6.45) is 0. The van der Waals surface area contributed by atoms with Crippen molar-refractivity contribution in [3.05, 3.63) is 230 Å². The highest BCUT2D eigenvalue weighted by Crippen LogP contribution is 2.45. The molecule has 0 amide bonds. The maximum atomic E-state index is 5.36. The summed E-state index contributed by atoms with van der Waals surface area (Å²) in [6, 6.07) is 80.9. The molecule has 0 aliphatic rings. The monoisotopic (exact) mass is 846 g/mol. The molecule has 0 radical (unpaired) electrons. The van der Waals surface area contributed by atoms with Crippen molar-refractivity contribution in [2.75, 3.05) is 0 Å². The lowest BCUT2D eigenvalue weighted by molar-refractivity contribution is 0.591. The van der Waals surface area contributed by atoms with Gasteiger partial charge in [0.1, 0.15) is 0 Å². The van der Waals surface area contributed by atoms with Crippen molar-refractivity contribution in [3.8, 4) is 67.5 Å². The number of hydrogen-bond acceptors (Lipinski definition) is 2. The van der Waals surface area contributed by atoms with Gasteiger partial charge in [0.05, 0.1) is 39.1 Å². The smallest absolute Gasteiger partial charge is 0.160 e. The van der Waals surface area contributed by atoms with E-state index in [2.05, 4.69) is 230 Å². The highest BCUT2D eigenvalue weighted by atomic mass is 15.0. The Morgan fingerprint density at radius 2 is 0.803 bits per heavy atom. The van der Waals surface area contributed by atoms with E-state index in [0.29, 0.717) is 5.82 Å². The van der Waals surface area contributed by atoms with E-state index in [0.717, 1.165) is 72.7 Å². The molecule has 0 spiro atoms. The molecule has 9 aromatic carbocycles. The zero-order chi connectivity index (χ0) is 44.4. The number of benzene rings is 9. The number of rotatable bonds is 7. The van der Waals surface area contributed by atoms with Gasteiger partial charge in [0.15, 0.2) is 5.82 Å². The van der Waals surface area contributed by atoms with Crippen molar-refractivity contribution >= 4 is 43.6 Å². The van der Waals surface area contributed by atoms with Crippen molar-refractivity contribution in [2.24, 2.45) is 0 Å². The first-order valence-corrected chi connectivity index (χ1v) is 22.7. The van der Waals surface area contributed by atoms with Crippen LogP contribution in [0.2, 0.25) is 0 Å². The summed E-state index contributed by atoms with van der Waals surface area (Å²) in [4.78, 5) is 10.5. The molecule has 0 saturated carbocycles. The van der Waals surface area contributed by atoms with E-state index in [1.807, 2.05) is 24.3 Å². The number of fused-ring (bicyclic) bond motifs is 6. The van der Waals surface area contributed by atoms with Crippen LogP contribution in [0.25, 0.3) is 111 Å². The van der Waals surface area contributed by atoms with Crippen LogP contribution in [0.3, 0.4) is 0 Å². The molecule has 12 aromatic rings.